The highest BCUT2D eigenvalue weighted by molar-refractivity contribution is 5.54. The predicted molar refractivity (Wildman–Crippen MR) is 119 cm³/mol. The zero-order valence-corrected chi connectivity index (χ0v) is 19.4. The lowest BCUT2D eigenvalue weighted by Gasteiger charge is -2.57. The molecule has 3 fully saturated rings. The van der Waals surface area contributed by atoms with Crippen LogP contribution in [0.1, 0.15) is 98.3 Å². The van der Waals surface area contributed by atoms with Gasteiger partial charge in [0.2, 0.25) is 0 Å². The summed E-state index contributed by atoms with van der Waals surface area (Å²) in [6.45, 7) is 11.2. The Labute approximate surface area is 175 Å². The maximum absolute atomic E-state index is 11.9. The molecule has 1 N–H and O–H groups in total. The van der Waals surface area contributed by atoms with Crippen LogP contribution in [-0.4, -0.2) is 19.9 Å². The first-order valence-electron chi connectivity index (χ1n) is 12.5. The number of hydrogen-bond acceptors (Lipinski definition) is 2. The Morgan fingerprint density at radius 2 is 1.79 bits per heavy atom. The fraction of sp³-hybridized carbons (Fsp3) is 0.962. The van der Waals surface area contributed by atoms with Gasteiger partial charge in [-0.15, -0.1) is 0 Å². The van der Waals surface area contributed by atoms with Crippen molar-refractivity contribution in [2.75, 3.05) is 13.6 Å². The normalized spacial score (nSPS) is 44.8. The predicted octanol–water partition coefficient (Wildman–Crippen LogP) is 6.49. The minimum atomic E-state index is 0.281. The molecule has 8 atom stereocenters. The third kappa shape index (κ3) is 3.84. The number of rotatable bonds is 8. The smallest absolute Gasteiger partial charge is 0.123 e. The summed E-state index contributed by atoms with van der Waals surface area (Å²) >= 11 is 0. The lowest BCUT2D eigenvalue weighted by molar-refractivity contribution is -0.121. The van der Waals surface area contributed by atoms with Gasteiger partial charge in [0.05, 0.1) is 0 Å². The van der Waals surface area contributed by atoms with E-state index in [1.165, 1.54) is 77.0 Å². The fourth-order valence-electron chi connectivity index (χ4n) is 8.56. The number of carbonyl (C=O) groups is 1. The molecule has 0 bridgehead atoms. The van der Waals surface area contributed by atoms with Crippen molar-refractivity contribution >= 4 is 6.29 Å². The highest BCUT2D eigenvalue weighted by Crippen LogP contribution is 2.65. The molecule has 3 rings (SSSR count). The minimum absolute atomic E-state index is 0.281. The molecule has 2 nitrogen and oxygen atoms in total. The van der Waals surface area contributed by atoms with E-state index in [-0.39, 0.29) is 5.92 Å². The Bertz CT molecular complexity index is 519. The van der Waals surface area contributed by atoms with Crippen LogP contribution in [0, 0.1) is 46.3 Å². The molecule has 0 aromatic rings. The summed E-state index contributed by atoms with van der Waals surface area (Å²) in [5.41, 5.74) is 0.948. The number of fused-ring (bicyclic) bond motifs is 1. The Kier molecular flexibility index (Phi) is 7.32. The van der Waals surface area contributed by atoms with Crippen molar-refractivity contribution in [3.05, 3.63) is 0 Å². The summed E-state index contributed by atoms with van der Waals surface area (Å²) in [6.07, 6.45) is 16.2. The van der Waals surface area contributed by atoms with Crippen LogP contribution in [-0.2, 0) is 4.79 Å². The molecule has 0 aromatic carbocycles. The molecule has 3 aliphatic carbocycles. The molecule has 0 amide bonds. The third-order valence-corrected chi connectivity index (χ3v) is 10.2. The Morgan fingerprint density at radius 1 is 1.04 bits per heavy atom. The quantitative estimate of drug-likeness (QED) is 0.380. The molecule has 6 unspecified atom stereocenters. The van der Waals surface area contributed by atoms with E-state index >= 15 is 0 Å². The molecule has 3 aliphatic rings. The third-order valence-electron chi connectivity index (χ3n) is 10.2. The van der Waals surface area contributed by atoms with E-state index in [9.17, 15) is 4.79 Å². The van der Waals surface area contributed by atoms with Crippen LogP contribution < -0.4 is 5.32 Å². The van der Waals surface area contributed by atoms with Crippen LogP contribution >= 0.6 is 0 Å². The number of hydrogen-bond donors (Lipinski definition) is 1. The van der Waals surface area contributed by atoms with E-state index in [1.807, 2.05) is 0 Å². The average Bonchev–Trinajstić information content (AvgIpc) is 3.02. The van der Waals surface area contributed by atoms with Gasteiger partial charge in [-0.05, 0) is 112 Å². The summed E-state index contributed by atoms with van der Waals surface area (Å²) in [4.78, 5) is 11.9. The molecular weight excluding hydrogens is 342 g/mol. The second-order valence-corrected chi connectivity index (χ2v) is 11.2. The monoisotopic (exact) mass is 389 g/mol. The van der Waals surface area contributed by atoms with Crippen molar-refractivity contribution in [2.24, 2.45) is 46.3 Å². The van der Waals surface area contributed by atoms with Gasteiger partial charge in [0.25, 0.3) is 0 Å². The van der Waals surface area contributed by atoms with E-state index in [4.69, 9.17) is 0 Å². The summed E-state index contributed by atoms with van der Waals surface area (Å²) in [5.74, 6) is 4.38. The van der Waals surface area contributed by atoms with Crippen molar-refractivity contribution in [1.82, 2.24) is 5.32 Å². The Balaban J connectivity index is 1.77. The molecule has 162 valence electrons. The van der Waals surface area contributed by atoms with Crippen LogP contribution in [0.5, 0.6) is 0 Å². The summed E-state index contributed by atoms with van der Waals surface area (Å²) in [7, 11) is 2.08. The Morgan fingerprint density at radius 3 is 2.46 bits per heavy atom. The van der Waals surface area contributed by atoms with E-state index in [2.05, 4.69) is 40.1 Å². The number of nitrogens with one attached hydrogen (secondary N) is 1. The standard InChI is InChI=1S/C26H47NO/c1-6-20(18-28)24-11-7-8-15-26(24,4)23-14-16-25(3)21(10-9-17-27-5)12-13-22(25)19(23)2/h18-24,27H,6-17H2,1-5H3/t19?,20-,21?,22?,23-,24?,25?,26?/m0/s1. The van der Waals surface area contributed by atoms with Gasteiger partial charge in [-0.1, -0.05) is 40.5 Å². The molecule has 0 saturated heterocycles. The van der Waals surface area contributed by atoms with Gasteiger partial charge in [-0.25, -0.2) is 0 Å². The highest BCUT2D eigenvalue weighted by atomic mass is 16.1. The molecular formula is C26H47NO. The molecule has 0 heterocycles. The average molecular weight is 390 g/mol. The first kappa shape index (κ1) is 22.3. The fourth-order valence-corrected chi connectivity index (χ4v) is 8.56. The van der Waals surface area contributed by atoms with Crippen LogP contribution in [0.4, 0.5) is 0 Å². The summed E-state index contributed by atoms with van der Waals surface area (Å²) in [5, 5.41) is 3.34. The first-order valence-corrected chi connectivity index (χ1v) is 12.5. The van der Waals surface area contributed by atoms with Gasteiger partial charge in [0, 0.05) is 5.92 Å². The van der Waals surface area contributed by atoms with Gasteiger partial charge in [-0.3, -0.25) is 0 Å². The molecule has 2 heteroatoms. The molecule has 3 saturated carbocycles. The van der Waals surface area contributed by atoms with E-state index < -0.39 is 0 Å². The van der Waals surface area contributed by atoms with Gasteiger partial charge < -0.3 is 10.1 Å². The summed E-state index contributed by atoms with van der Waals surface area (Å²) in [6, 6.07) is 0. The van der Waals surface area contributed by atoms with Crippen LogP contribution in [0.3, 0.4) is 0 Å². The molecule has 0 radical (unpaired) electrons. The van der Waals surface area contributed by atoms with Crippen molar-refractivity contribution in [3.63, 3.8) is 0 Å². The summed E-state index contributed by atoms with van der Waals surface area (Å²) < 4.78 is 0. The molecule has 28 heavy (non-hydrogen) atoms. The van der Waals surface area contributed by atoms with Crippen molar-refractivity contribution in [1.29, 1.82) is 0 Å². The van der Waals surface area contributed by atoms with E-state index in [0.29, 0.717) is 16.7 Å². The van der Waals surface area contributed by atoms with Crippen molar-refractivity contribution < 1.29 is 4.79 Å². The van der Waals surface area contributed by atoms with Gasteiger partial charge >= 0.3 is 0 Å². The molecule has 0 spiro atoms. The van der Waals surface area contributed by atoms with Crippen LogP contribution in [0.25, 0.3) is 0 Å². The van der Waals surface area contributed by atoms with Crippen LogP contribution in [0.15, 0.2) is 0 Å². The minimum Gasteiger partial charge on any atom is -0.320 e. The lowest BCUT2D eigenvalue weighted by atomic mass is 9.48. The number of carbonyl (C=O) groups excluding carboxylic acids is 1. The SMILES string of the molecule is CC[C@@H](C=O)C1CCCCC1(C)[C@H]1CCC2(C)C(CCCNC)CCC2C1C. The zero-order valence-electron chi connectivity index (χ0n) is 19.4. The highest BCUT2D eigenvalue weighted by Gasteiger charge is 2.57. The van der Waals surface area contributed by atoms with Crippen molar-refractivity contribution in [3.8, 4) is 0 Å². The lowest BCUT2D eigenvalue weighted by Crippen LogP contribution is -2.50. The van der Waals surface area contributed by atoms with Crippen LogP contribution in [0.2, 0.25) is 0 Å². The molecule has 0 aromatic heterocycles. The zero-order chi connectivity index (χ0) is 20.4. The largest absolute Gasteiger partial charge is 0.320 e. The van der Waals surface area contributed by atoms with Crippen molar-refractivity contribution in [2.45, 2.75) is 98.3 Å². The van der Waals surface area contributed by atoms with E-state index in [0.717, 1.165) is 30.1 Å². The Hall–Kier alpha value is -0.370. The van der Waals surface area contributed by atoms with Gasteiger partial charge in [-0.2, -0.15) is 0 Å². The second-order valence-electron chi connectivity index (χ2n) is 11.2. The first-order chi connectivity index (χ1) is 13.4. The second kappa shape index (κ2) is 9.19. The number of aldehydes is 1. The van der Waals surface area contributed by atoms with Gasteiger partial charge in [0.1, 0.15) is 6.29 Å². The topological polar surface area (TPSA) is 29.1 Å². The van der Waals surface area contributed by atoms with Gasteiger partial charge in [0.15, 0.2) is 0 Å². The van der Waals surface area contributed by atoms with E-state index in [1.54, 1.807) is 0 Å². The molecule has 0 aliphatic heterocycles. The maximum atomic E-state index is 11.9. The maximum Gasteiger partial charge on any atom is 0.123 e.